The van der Waals surface area contributed by atoms with Crippen LogP contribution < -0.4 is 26.0 Å². The summed E-state index contributed by atoms with van der Waals surface area (Å²) < 4.78 is 54.5. The van der Waals surface area contributed by atoms with E-state index in [0.717, 1.165) is 11.2 Å². The number of nitrogens with one attached hydrogen (secondary N) is 5. The van der Waals surface area contributed by atoms with E-state index in [1.165, 1.54) is 24.4 Å². The number of carbonyl (C=O) groups is 5. The number of hydrogen-bond acceptors (Lipinski definition) is 14. The van der Waals surface area contributed by atoms with Gasteiger partial charge in [-0.1, -0.05) is 17.7 Å². The van der Waals surface area contributed by atoms with Crippen LogP contribution in [-0.4, -0.2) is 120 Å². The monoisotopic (exact) mass is 896 g/mol. The average molecular weight is 897 g/mol. The fourth-order valence-electron chi connectivity index (χ4n) is 6.72. The molecule has 2 atom stereocenters. The highest BCUT2D eigenvalue weighted by Crippen LogP contribution is 2.37. The molecule has 5 amide bonds. The van der Waals surface area contributed by atoms with Crippen molar-refractivity contribution in [1.29, 1.82) is 0 Å². The first-order chi connectivity index (χ1) is 29.5. The van der Waals surface area contributed by atoms with Gasteiger partial charge >= 0.3 is 0 Å². The van der Waals surface area contributed by atoms with E-state index in [9.17, 15) is 32.4 Å². The van der Waals surface area contributed by atoms with Crippen LogP contribution in [-0.2, 0) is 33.9 Å². The first kappa shape index (κ1) is 45.5. The van der Waals surface area contributed by atoms with Gasteiger partial charge in [0.1, 0.15) is 11.7 Å². The minimum Gasteiger partial charge on any atom is -0.382 e. The van der Waals surface area contributed by atoms with Crippen LogP contribution in [0, 0.1) is 5.82 Å². The van der Waals surface area contributed by atoms with Gasteiger partial charge in [-0.15, -0.1) is 0 Å². The normalized spacial score (nSPS) is 15.7. The van der Waals surface area contributed by atoms with Crippen LogP contribution in [0.1, 0.15) is 66.8 Å². The van der Waals surface area contributed by atoms with Crippen LogP contribution in [0.25, 0.3) is 22.5 Å². The Kier molecular flexibility index (Phi) is 14.5. The zero-order valence-electron chi connectivity index (χ0n) is 34.3. The van der Waals surface area contributed by atoms with E-state index in [0.29, 0.717) is 23.5 Å². The summed E-state index contributed by atoms with van der Waals surface area (Å²) in [7, 11) is -3.81. The van der Waals surface area contributed by atoms with Crippen molar-refractivity contribution in [2.45, 2.75) is 58.2 Å². The molecule has 0 spiro atoms. The third kappa shape index (κ3) is 11.1. The van der Waals surface area contributed by atoms with E-state index >= 15 is 4.39 Å². The van der Waals surface area contributed by atoms with Gasteiger partial charge in [-0.05, 0) is 57.5 Å². The second-order valence-electron chi connectivity index (χ2n) is 14.8. The topological polar surface area (TPSA) is 245 Å². The van der Waals surface area contributed by atoms with Gasteiger partial charge in [-0.2, -0.15) is 5.10 Å². The predicted molar refractivity (Wildman–Crippen MR) is 226 cm³/mol. The Labute approximate surface area is 361 Å². The van der Waals surface area contributed by atoms with Crippen molar-refractivity contribution in [3.63, 3.8) is 0 Å². The maximum absolute atomic E-state index is 15.7. The molecule has 5 N–H and O–H groups in total. The van der Waals surface area contributed by atoms with Gasteiger partial charge in [0.25, 0.3) is 11.8 Å². The highest BCUT2D eigenvalue weighted by atomic mass is 35.5. The Morgan fingerprint density at radius 1 is 0.984 bits per heavy atom. The molecule has 1 unspecified atom stereocenters. The van der Waals surface area contributed by atoms with Crippen molar-refractivity contribution >= 4 is 68.5 Å². The standard InChI is InChI=1S/C40H46ClFN10O9S/c1-22(2)51-21-27(36(49-51)26-18-24(41)19-30(35(26)42)50-62(4,58)59)28-10-12-44-40(47-28)45-20-23(3)46-33(54)11-14-60-16-17-61-15-13-43-29-7-5-6-25-34(29)39(57)52(38(25)56)31-8-9-32(53)48-37(31)55/h5-7,10,12,18-19,21-23,31,43,50H,8-9,11,13-17,20H2,1-4H3,(H,46,54)(H,44,45,47)(H,48,53,55)/t23-,31?/m0/s1. The summed E-state index contributed by atoms with van der Waals surface area (Å²) in [4.78, 5) is 72.6. The zero-order chi connectivity index (χ0) is 44.7. The molecule has 2 aliphatic heterocycles. The van der Waals surface area contributed by atoms with Crippen LogP contribution in [0.3, 0.4) is 0 Å². The van der Waals surface area contributed by atoms with Crippen LogP contribution in [0.15, 0.2) is 48.8 Å². The number of anilines is 3. The summed E-state index contributed by atoms with van der Waals surface area (Å²) in [5.41, 5.74) is 1.46. The molecule has 62 heavy (non-hydrogen) atoms. The molecule has 0 aliphatic carbocycles. The Balaban J connectivity index is 0.916. The Hall–Kier alpha value is -6.03. The van der Waals surface area contributed by atoms with Crippen LogP contribution in [0.5, 0.6) is 0 Å². The van der Waals surface area contributed by atoms with Gasteiger partial charge in [-0.3, -0.25) is 43.6 Å². The quantitative estimate of drug-likeness (QED) is 0.0629. The summed E-state index contributed by atoms with van der Waals surface area (Å²) in [6, 6.07) is 7.49. The van der Waals surface area contributed by atoms with Crippen molar-refractivity contribution in [2.75, 3.05) is 61.1 Å². The number of halogens is 2. The second-order valence-corrected chi connectivity index (χ2v) is 17.0. The lowest BCUT2D eigenvalue weighted by Gasteiger charge is -2.27. The number of carbonyl (C=O) groups excluding carboxylic acids is 5. The molecule has 19 nitrogen and oxygen atoms in total. The molecular weight excluding hydrogens is 851 g/mol. The summed E-state index contributed by atoms with van der Waals surface area (Å²) >= 11 is 6.28. The molecule has 2 aromatic carbocycles. The molecule has 2 aliphatic rings. The van der Waals surface area contributed by atoms with E-state index in [4.69, 9.17) is 21.1 Å². The van der Waals surface area contributed by atoms with Gasteiger partial charge in [0.15, 0.2) is 5.82 Å². The minimum absolute atomic E-state index is 0.0261. The maximum Gasteiger partial charge on any atom is 0.264 e. The number of fused-ring (bicyclic) bond motifs is 1. The number of amides is 5. The second kappa shape index (κ2) is 19.8. The minimum atomic E-state index is -3.81. The number of imide groups is 2. The predicted octanol–water partition coefficient (Wildman–Crippen LogP) is 3.61. The molecule has 4 heterocycles. The Bertz CT molecular complexity index is 2490. The van der Waals surface area contributed by atoms with E-state index in [2.05, 4.69) is 41.1 Å². The number of aromatic nitrogens is 4. The molecule has 1 fully saturated rings. The Morgan fingerprint density at radius 2 is 1.74 bits per heavy atom. The van der Waals surface area contributed by atoms with Gasteiger partial charge < -0.3 is 25.4 Å². The lowest BCUT2D eigenvalue weighted by Crippen LogP contribution is -2.54. The van der Waals surface area contributed by atoms with E-state index in [1.807, 2.05) is 13.8 Å². The van der Waals surface area contributed by atoms with Gasteiger partial charge in [0.05, 0.1) is 55.2 Å². The summed E-state index contributed by atoms with van der Waals surface area (Å²) in [6.45, 7) is 7.05. The maximum atomic E-state index is 15.7. The smallest absolute Gasteiger partial charge is 0.264 e. The number of ether oxygens (including phenoxy) is 2. The number of sulfonamides is 1. The van der Waals surface area contributed by atoms with Crippen molar-refractivity contribution in [1.82, 2.24) is 35.3 Å². The molecule has 330 valence electrons. The first-order valence-electron chi connectivity index (χ1n) is 19.7. The first-order valence-corrected chi connectivity index (χ1v) is 21.9. The molecule has 0 radical (unpaired) electrons. The highest BCUT2D eigenvalue weighted by Gasteiger charge is 2.45. The SMILES string of the molecule is CC(C)n1cc(-c2ccnc(NC[C@H](C)NC(=O)CCOCCOCCNc3cccc4c3C(=O)N(C3CCC(=O)NC3=O)C4=O)n2)c(-c2cc(Cl)cc(NS(C)(=O)=O)c2F)n1. The molecular formula is C40H46ClFN10O9S. The summed E-state index contributed by atoms with van der Waals surface area (Å²) in [5, 5.41) is 16.0. The van der Waals surface area contributed by atoms with Crippen LogP contribution in [0.2, 0.25) is 5.02 Å². The average Bonchev–Trinajstić information content (AvgIpc) is 3.77. The number of hydrogen-bond donors (Lipinski definition) is 5. The van der Waals surface area contributed by atoms with Crippen LogP contribution in [0.4, 0.5) is 21.7 Å². The van der Waals surface area contributed by atoms with Gasteiger partial charge in [0, 0.05) is 72.2 Å². The fourth-order valence-corrected chi connectivity index (χ4v) is 7.49. The lowest BCUT2D eigenvalue weighted by molar-refractivity contribution is -0.136. The van der Waals surface area contributed by atoms with E-state index in [-0.39, 0.29) is 109 Å². The molecule has 0 saturated carbocycles. The van der Waals surface area contributed by atoms with Gasteiger partial charge in [0.2, 0.25) is 33.7 Å². The summed E-state index contributed by atoms with van der Waals surface area (Å²) in [5.74, 6) is -3.17. The molecule has 2 aromatic heterocycles. The van der Waals surface area contributed by atoms with E-state index in [1.54, 1.807) is 36.0 Å². The zero-order valence-corrected chi connectivity index (χ0v) is 35.9. The molecule has 1 saturated heterocycles. The Morgan fingerprint density at radius 3 is 2.47 bits per heavy atom. The summed E-state index contributed by atoms with van der Waals surface area (Å²) in [6.07, 6.45) is 4.33. The van der Waals surface area contributed by atoms with E-state index < -0.39 is 45.5 Å². The van der Waals surface area contributed by atoms with Crippen molar-refractivity contribution < 1.29 is 46.3 Å². The molecule has 4 aromatic rings. The number of piperidine rings is 1. The fraction of sp³-hybridized carbons (Fsp3) is 0.400. The third-order valence-corrected chi connectivity index (χ3v) is 10.4. The van der Waals surface area contributed by atoms with Gasteiger partial charge in [-0.25, -0.2) is 22.8 Å². The molecule has 0 bridgehead atoms. The van der Waals surface area contributed by atoms with Crippen molar-refractivity contribution in [2.24, 2.45) is 0 Å². The number of benzene rings is 2. The number of nitrogens with zero attached hydrogens (tertiary/aromatic N) is 5. The van der Waals surface area contributed by atoms with Crippen LogP contribution >= 0.6 is 11.6 Å². The molecule has 6 rings (SSSR count). The van der Waals surface area contributed by atoms with Crippen molar-refractivity contribution in [3.05, 3.63) is 70.8 Å². The third-order valence-electron chi connectivity index (χ3n) is 9.63. The number of rotatable bonds is 20. The largest absolute Gasteiger partial charge is 0.382 e. The van der Waals surface area contributed by atoms with Crippen molar-refractivity contribution in [3.8, 4) is 22.5 Å². The molecule has 22 heteroatoms. The lowest BCUT2D eigenvalue weighted by atomic mass is 10.0. The highest BCUT2D eigenvalue weighted by molar-refractivity contribution is 7.92.